The fraction of sp³-hybridized carbons (Fsp3) is 0.357. The van der Waals surface area contributed by atoms with Crippen LogP contribution in [0.25, 0.3) is 10.9 Å². The van der Waals surface area contributed by atoms with Gasteiger partial charge in [-0.2, -0.15) is 0 Å². The maximum absolute atomic E-state index is 11.3. The van der Waals surface area contributed by atoms with E-state index in [1.807, 2.05) is 30.7 Å². The molecule has 1 heterocycles. The van der Waals surface area contributed by atoms with Crippen molar-refractivity contribution in [2.75, 3.05) is 13.6 Å². The summed E-state index contributed by atoms with van der Waals surface area (Å²) in [7, 11) is 1.94. The molecule has 0 spiro atoms. The number of carbonyl (C=O) groups is 1. The number of para-hydroxylation sites is 1. The minimum Gasteiger partial charge on any atom is -0.368 e. The molecule has 0 fully saturated rings. The third-order valence-electron chi connectivity index (χ3n) is 3.36. The van der Waals surface area contributed by atoms with E-state index in [1.54, 1.807) is 0 Å². The number of nitrogens with one attached hydrogen (secondary N) is 1. The average molecular weight is 324 g/mol. The van der Waals surface area contributed by atoms with E-state index in [0.717, 1.165) is 28.6 Å². The number of halogens is 1. The first-order valence-electron chi connectivity index (χ1n) is 6.25. The number of nitrogens with two attached hydrogens (primary N) is 1. The topological polar surface area (TPSA) is 60.1 Å². The molecule has 1 aromatic carbocycles. The van der Waals surface area contributed by atoms with Gasteiger partial charge in [-0.15, -0.1) is 0 Å². The summed E-state index contributed by atoms with van der Waals surface area (Å²) in [6.45, 7) is 3.16. The van der Waals surface area contributed by atoms with Crippen molar-refractivity contribution in [1.29, 1.82) is 0 Å². The number of hydrogen-bond donors (Lipinski definition) is 2. The Morgan fingerprint density at radius 1 is 1.47 bits per heavy atom. The second-order valence-electron chi connectivity index (χ2n) is 4.61. The summed E-state index contributed by atoms with van der Waals surface area (Å²) in [6.07, 6.45) is 0.932. The van der Waals surface area contributed by atoms with Crippen LogP contribution in [0.15, 0.2) is 22.7 Å². The molecule has 0 aliphatic carbocycles. The lowest BCUT2D eigenvalue weighted by atomic mass is 10.1. The van der Waals surface area contributed by atoms with Crippen molar-refractivity contribution in [2.24, 2.45) is 5.73 Å². The Balaban J connectivity index is 2.65. The number of hydrogen-bond acceptors (Lipinski definition) is 2. The number of amides is 1. The molecule has 102 valence electrons. The molecule has 0 bridgehead atoms. The third-order valence-corrected chi connectivity index (χ3v) is 4.00. The van der Waals surface area contributed by atoms with Gasteiger partial charge in [0, 0.05) is 15.6 Å². The summed E-state index contributed by atoms with van der Waals surface area (Å²) < 4.78 is 2.98. The minimum atomic E-state index is -0.323. The lowest BCUT2D eigenvalue weighted by Gasteiger charge is -2.07. The SMILES string of the molecule is CNCCc1c(C)n(CC(N)=O)c2c(Br)cccc12. The number of nitrogens with zero attached hydrogens (tertiary/aromatic N) is 1. The molecule has 0 atom stereocenters. The monoisotopic (exact) mass is 323 g/mol. The summed E-state index contributed by atoms with van der Waals surface area (Å²) in [6, 6.07) is 6.10. The van der Waals surface area contributed by atoms with Gasteiger partial charge < -0.3 is 15.6 Å². The predicted molar refractivity (Wildman–Crippen MR) is 81.2 cm³/mol. The number of benzene rings is 1. The highest BCUT2D eigenvalue weighted by Crippen LogP contribution is 2.31. The lowest BCUT2D eigenvalue weighted by Crippen LogP contribution is -2.19. The Bertz CT molecular complexity index is 619. The van der Waals surface area contributed by atoms with Crippen LogP contribution in [0.4, 0.5) is 0 Å². The summed E-state index contributed by atoms with van der Waals surface area (Å²) in [4.78, 5) is 11.3. The van der Waals surface area contributed by atoms with E-state index in [4.69, 9.17) is 5.73 Å². The van der Waals surface area contributed by atoms with E-state index in [0.29, 0.717) is 0 Å². The van der Waals surface area contributed by atoms with Gasteiger partial charge in [-0.3, -0.25) is 4.79 Å². The van der Waals surface area contributed by atoms with Crippen molar-refractivity contribution in [1.82, 2.24) is 9.88 Å². The molecular formula is C14H18BrN3O. The number of fused-ring (bicyclic) bond motifs is 1. The Hall–Kier alpha value is -1.33. The molecule has 0 saturated carbocycles. The standard InChI is InChI=1S/C14H18BrN3O/c1-9-10(6-7-17-2)11-4-3-5-12(15)14(11)18(9)8-13(16)19/h3-5,17H,6-8H2,1-2H3,(H2,16,19). The molecule has 0 aliphatic heterocycles. The number of rotatable bonds is 5. The van der Waals surface area contributed by atoms with Crippen LogP contribution >= 0.6 is 15.9 Å². The van der Waals surface area contributed by atoms with Crippen molar-refractivity contribution >= 4 is 32.7 Å². The van der Waals surface area contributed by atoms with Crippen LogP contribution in [0.3, 0.4) is 0 Å². The third kappa shape index (κ3) is 2.67. The largest absolute Gasteiger partial charge is 0.368 e. The highest BCUT2D eigenvalue weighted by molar-refractivity contribution is 9.10. The lowest BCUT2D eigenvalue weighted by molar-refractivity contribution is -0.118. The molecular weight excluding hydrogens is 306 g/mol. The molecule has 0 aliphatic rings. The van der Waals surface area contributed by atoms with E-state index >= 15 is 0 Å². The molecule has 2 aromatic rings. The Labute approximate surface area is 121 Å². The zero-order chi connectivity index (χ0) is 14.0. The van der Waals surface area contributed by atoms with Gasteiger partial charge in [-0.25, -0.2) is 0 Å². The van der Waals surface area contributed by atoms with Gasteiger partial charge in [-0.05, 0) is 54.5 Å². The smallest absolute Gasteiger partial charge is 0.237 e. The quantitative estimate of drug-likeness (QED) is 0.883. The highest BCUT2D eigenvalue weighted by Gasteiger charge is 2.16. The van der Waals surface area contributed by atoms with E-state index < -0.39 is 0 Å². The Morgan fingerprint density at radius 2 is 2.21 bits per heavy atom. The van der Waals surface area contributed by atoms with Gasteiger partial charge in [0.15, 0.2) is 0 Å². The summed E-state index contributed by atoms with van der Waals surface area (Å²) in [5.41, 5.74) is 8.78. The van der Waals surface area contributed by atoms with Gasteiger partial charge in [0.25, 0.3) is 0 Å². The van der Waals surface area contributed by atoms with Crippen LogP contribution in [0.5, 0.6) is 0 Å². The van der Waals surface area contributed by atoms with Crippen molar-refractivity contribution in [3.05, 3.63) is 33.9 Å². The molecule has 19 heavy (non-hydrogen) atoms. The summed E-state index contributed by atoms with van der Waals surface area (Å²) >= 11 is 3.56. The fourth-order valence-corrected chi connectivity index (χ4v) is 3.06. The van der Waals surface area contributed by atoms with E-state index in [2.05, 4.69) is 27.3 Å². The first kappa shape index (κ1) is 14.1. The molecule has 5 heteroatoms. The zero-order valence-electron chi connectivity index (χ0n) is 11.2. The summed E-state index contributed by atoms with van der Waals surface area (Å²) in [5.74, 6) is -0.323. The molecule has 2 rings (SSSR count). The number of carbonyl (C=O) groups excluding carboxylic acids is 1. The normalized spacial score (nSPS) is 11.1. The minimum absolute atomic E-state index is 0.213. The van der Waals surface area contributed by atoms with Gasteiger partial charge in [-0.1, -0.05) is 12.1 Å². The van der Waals surface area contributed by atoms with E-state index in [9.17, 15) is 4.79 Å². The van der Waals surface area contributed by atoms with Crippen molar-refractivity contribution in [3.63, 3.8) is 0 Å². The van der Waals surface area contributed by atoms with Crippen molar-refractivity contribution in [3.8, 4) is 0 Å². The van der Waals surface area contributed by atoms with Crippen LogP contribution < -0.4 is 11.1 Å². The molecule has 4 nitrogen and oxygen atoms in total. The first-order chi connectivity index (χ1) is 9.06. The maximum atomic E-state index is 11.3. The van der Waals surface area contributed by atoms with Crippen LogP contribution in [0, 0.1) is 6.92 Å². The van der Waals surface area contributed by atoms with E-state index in [-0.39, 0.29) is 12.5 Å². The van der Waals surface area contributed by atoms with Gasteiger partial charge in [0.05, 0.1) is 5.52 Å². The zero-order valence-corrected chi connectivity index (χ0v) is 12.8. The van der Waals surface area contributed by atoms with Crippen molar-refractivity contribution < 1.29 is 4.79 Å². The second kappa shape index (κ2) is 5.75. The van der Waals surface area contributed by atoms with Gasteiger partial charge in [0.1, 0.15) is 6.54 Å². The predicted octanol–water partition coefficient (Wildman–Crippen LogP) is 1.96. The molecule has 1 amide bonds. The summed E-state index contributed by atoms with van der Waals surface area (Å²) in [5, 5.41) is 4.34. The van der Waals surface area contributed by atoms with E-state index in [1.165, 1.54) is 10.9 Å². The number of likely N-dealkylation sites (N-methyl/N-ethyl adjacent to an activating group) is 1. The maximum Gasteiger partial charge on any atom is 0.237 e. The average Bonchev–Trinajstić information content (AvgIpc) is 2.61. The first-order valence-corrected chi connectivity index (χ1v) is 7.04. The molecule has 0 saturated heterocycles. The Kier molecular flexibility index (Phi) is 4.27. The number of primary amides is 1. The Morgan fingerprint density at radius 3 is 2.84 bits per heavy atom. The number of aromatic nitrogens is 1. The molecule has 0 unspecified atom stereocenters. The van der Waals surface area contributed by atoms with Crippen LogP contribution in [0.2, 0.25) is 0 Å². The van der Waals surface area contributed by atoms with Crippen LogP contribution in [0.1, 0.15) is 11.3 Å². The highest BCUT2D eigenvalue weighted by atomic mass is 79.9. The second-order valence-corrected chi connectivity index (χ2v) is 5.46. The van der Waals surface area contributed by atoms with Gasteiger partial charge in [0.2, 0.25) is 5.91 Å². The van der Waals surface area contributed by atoms with Gasteiger partial charge >= 0.3 is 0 Å². The molecule has 3 N–H and O–H groups in total. The molecule has 0 radical (unpaired) electrons. The van der Waals surface area contributed by atoms with Crippen LogP contribution in [-0.4, -0.2) is 24.1 Å². The van der Waals surface area contributed by atoms with Crippen molar-refractivity contribution in [2.45, 2.75) is 19.9 Å². The van der Waals surface area contributed by atoms with Crippen LogP contribution in [-0.2, 0) is 17.8 Å². The molecule has 1 aromatic heterocycles. The fourth-order valence-electron chi connectivity index (χ4n) is 2.48.